The maximum atomic E-state index is 11.6. The van der Waals surface area contributed by atoms with Gasteiger partial charge in [-0.15, -0.1) is 0 Å². The normalized spacial score (nSPS) is 11.8. The van der Waals surface area contributed by atoms with Gasteiger partial charge in [0.2, 0.25) is 10.0 Å². The van der Waals surface area contributed by atoms with E-state index in [1.165, 1.54) is 6.20 Å². The minimum Gasteiger partial charge on any atom is -0.383 e. The van der Waals surface area contributed by atoms with Crippen LogP contribution in [0.15, 0.2) is 11.1 Å². The molecule has 0 radical (unpaired) electrons. The van der Waals surface area contributed by atoms with E-state index in [1.54, 1.807) is 0 Å². The third-order valence-electron chi connectivity index (χ3n) is 1.99. The zero-order chi connectivity index (χ0) is 11.3. The molecule has 15 heavy (non-hydrogen) atoms. The Kier molecular flexibility index (Phi) is 4.10. The van der Waals surface area contributed by atoms with Crippen LogP contribution < -0.4 is 10.5 Å². The van der Waals surface area contributed by atoms with Crippen molar-refractivity contribution in [3.05, 3.63) is 6.20 Å². The molecular formula is C8H16N4O2S. The number of H-pyrrole nitrogens is 1. The number of hydrogen-bond acceptors (Lipinski definition) is 4. The highest BCUT2D eigenvalue weighted by Crippen LogP contribution is 2.13. The van der Waals surface area contributed by atoms with Crippen molar-refractivity contribution in [3.63, 3.8) is 0 Å². The summed E-state index contributed by atoms with van der Waals surface area (Å²) in [5, 5.41) is 5.95. The molecule has 0 bridgehead atoms. The molecular weight excluding hydrogens is 216 g/mol. The van der Waals surface area contributed by atoms with Gasteiger partial charge in [0, 0.05) is 6.54 Å². The van der Waals surface area contributed by atoms with E-state index in [-0.39, 0.29) is 10.7 Å². The van der Waals surface area contributed by atoms with Gasteiger partial charge in [-0.25, -0.2) is 13.1 Å². The molecule has 86 valence electrons. The van der Waals surface area contributed by atoms with Crippen LogP contribution in [0.3, 0.4) is 0 Å². The number of nitrogens with zero attached hydrogens (tertiary/aromatic N) is 1. The number of anilines is 1. The summed E-state index contributed by atoms with van der Waals surface area (Å²) in [5.74, 6) is 0.0676. The first-order valence-corrected chi connectivity index (χ1v) is 6.34. The van der Waals surface area contributed by atoms with Gasteiger partial charge in [-0.3, -0.25) is 5.10 Å². The summed E-state index contributed by atoms with van der Waals surface area (Å²) in [5.41, 5.74) is 5.42. The predicted octanol–water partition coefficient (Wildman–Crippen LogP) is 0.460. The minimum absolute atomic E-state index is 0.0130. The molecule has 0 amide bonds. The van der Waals surface area contributed by atoms with Crippen molar-refractivity contribution >= 4 is 15.8 Å². The Morgan fingerprint density at radius 3 is 2.80 bits per heavy atom. The zero-order valence-corrected chi connectivity index (χ0v) is 9.47. The topological polar surface area (TPSA) is 101 Å². The van der Waals surface area contributed by atoms with Gasteiger partial charge in [-0.1, -0.05) is 19.8 Å². The zero-order valence-electron chi connectivity index (χ0n) is 8.66. The SMILES string of the molecule is CCCCCNS(=O)(=O)c1cn[nH]c1N. The number of nitrogens with one attached hydrogen (secondary N) is 2. The van der Waals surface area contributed by atoms with Gasteiger partial charge in [0.15, 0.2) is 0 Å². The molecule has 0 aromatic carbocycles. The summed E-state index contributed by atoms with van der Waals surface area (Å²) < 4.78 is 25.7. The van der Waals surface area contributed by atoms with E-state index in [2.05, 4.69) is 21.8 Å². The fraction of sp³-hybridized carbons (Fsp3) is 0.625. The Balaban J connectivity index is 2.57. The van der Waals surface area contributed by atoms with Crippen LogP contribution in [0, 0.1) is 0 Å². The molecule has 6 nitrogen and oxygen atoms in total. The summed E-state index contributed by atoms with van der Waals surface area (Å²) in [4.78, 5) is 0.0130. The largest absolute Gasteiger partial charge is 0.383 e. The highest BCUT2D eigenvalue weighted by Gasteiger charge is 2.18. The second-order valence-electron chi connectivity index (χ2n) is 3.25. The van der Waals surface area contributed by atoms with Crippen LogP contribution in [-0.4, -0.2) is 25.2 Å². The summed E-state index contributed by atoms with van der Waals surface area (Å²) in [7, 11) is -3.50. The molecule has 0 spiro atoms. The molecule has 0 aliphatic carbocycles. The third kappa shape index (κ3) is 3.21. The van der Waals surface area contributed by atoms with Crippen LogP contribution in [0.5, 0.6) is 0 Å². The second kappa shape index (κ2) is 5.13. The fourth-order valence-electron chi connectivity index (χ4n) is 1.16. The van der Waals surface area contributed by atoms with Crippen molar-refractivity contribution in [2.24, 2.45) is 0 Å². The Morgan fingerprint density at radius 2 is 2.27 bits per heavy atom. The first-order chi connectivity index (χ1) is 7.08. The number of aromatic amines is 1. The van der Waals surface area contributed by atoms with Crippen LogP contribution in [-0.2, 0) is 10.0 Å². The van der Waals surface area contributed by atoms with E-state index in [0.717, 1.165) is 19.3 Å². The van der Waals surface area contributed by atoms with E-state index in [4.69, 9.17) is 5.73 Å². The highest BCUT2D eigenvalue weighted by molar-refractivity contribution is 7.89. The van der Waals surface area contributed by atoms with E-state index >= 15 is 0 Å². The van der Waals surface area contributed by atoms with Crippen molar-refractivity contribution in [3.8, 4) is 0 Å². The Morgan fingerprint density at radius 1 is 1.53 bits per heavy atom. The second-order valence-corrected chi connectivity index (χ2v) is 4.99. The van der Waals surface area contributed by atoms with Gasteiger partial charge in [-0.05, 0) is 6.42 Å². The van der Waals surface area contributed by atoms with E-state index in [9.17, 15) is 8.42 Å². The standard InChI is InChI=1S/C8H16N4O2S/c1-2-3-4-5-11-15(13,14)7-6-10-12-8(7)9/h6,11H,2-5H2,1H3,(H3,9,10,12). The van der Waals surface area contributed by atoms with Gasteiger partial charge in [0.05, 0.1) is 6.20 Å². The highest BCUT2D eigenvalue weighted by atomic mass is 32.2. The molecule has 0 atom stereocenters. The molecule has 0 aliphatic heterocycles. The number of sulfonamides is 1. The third-order valence-corrected chi connectivity index (χ3v) is 3.48. The monoisotopic (exact) mass is 232 g/mol. The van der Waals surface area contributed by atoms with Gasteiger partial charge in [0.25, 0.3) is 0 Å². The molecule has 0 saturated heterocycles. The van der Waals surface area contributed by atoms with Gasteiger partial charge in [-0.2, -0.15) is 5.10 Å². The van der Waals surface area contributed by atoms with Crippen LogP contribution in [0.1, 0.15) is 26.2 Å². The Hall–Kier alpha value is -1.08. The van der Waals surface area contributed by atoms with Crippen molar-refractivity contribution in [1.82, 2.24) is 14.9 Å². The number of nitrogen functional groups attached to an aromatic ring is 1. The van der Waals surface area contributed by atoms with E-state index in [1.807, 2.05) is 0 Å². The van der Waals surface area contributed by atoms with Crippen molar-refractivity contribution < 1.29 is 8.42 Å². The minimum atomic E-state index is -3.50. The molecule has 1 rings (SSSR count). The smallest absolute Gasteiger partial charge is 0.245 e. The molecule has 4 N–H and O–H groups in total. The van der Waals surface area contributed by atoms with E-state index < -0.39 is 10.0 Å². The Bertz CT molecular complexity index is 399. The Labute approximate surface area is 89.3 Å². The fourth-order valence-corrected chi connectivity index (χ4v) is 2.25. The first-order valence-electron chi connectivity index (χ1n) is 4.86. The summed E-state index contributed by atoms with van der Waals surface area (Å²) in [6.07, 6.45) is 4.09. The van der Waals surface area contributed by atoms with Gasteiger partial charge in [0.1, 0.15) is 10.7 Å². The van der Waals surface area contributed by atoms with Crippen LogP contribution >= 0.6 is 0 Å². The summed E-state index contributed by atoms with van der Waals surface area (Å²) >= 11 is 0. The molecule has 7 heteroatoms. The average molecular weight is 232 g/mol. The van der Waals surface area contributed by atoms with Crippen LogP contribution in [0.2, 0.25) is 0 Å². The molecule has 0 unspecified atom stereocenters. The molecule has 0 aliphatic rings. The maximum absolute atomic E-state index is 11.6. The number of unbranched alkanes of at least 4 members (excludes halogenated alkanes) is 2. The van der Waals surface area contributed by atoms with Crippen LogP contribution in [0.25, 0.3) is 0 Å². The van der Waals surface area contributed by atoms with Crippen molar-refractivity contribution in [2.75, 3.05) is 12.3 Å². The van der Waals surface area contributed by atoms with Crippen molar-refractivity contribution in [2.45, 2.75) is 31.1 Å². The van der Waals surface area contributed by atoms with Gasteiger partial charge < -0.3 is 5.73 Å². The number of rotatable bonds is 6. The molecule has 1 aromatic rings. The molecule has 1 heterocycles. The lowest BCUT2D eigenvalue weighted by Crippen LogP contribution is -2.25. The lowest BCUT2D eigenvalue weighted by Gasteiger charge is -2.04. The average Bonchev–Trinajstić information content (AvgIpc) is 2.60. The quantitative estimate of drug-likeness (QED) is 0.620. The number of nitrogens with two attached hydrogens (primary N) is 1. The molecule has 1 aromatic heterocycles. The predicted molar refractivity (Wildman–Crippen MR) is 57.7 cm³/mol. The number of aromatic nitrogens is 2. The lowest BCUT2D eigenvalue weighted by atomic mass is 10.3. The molecule has 0 fully saturated rings. The maximum Gasteiger partial charge on any atom is 0.245 e. The summed E-state index contributed by atoms with van der Waals surface area (Å²) in [6, 6.07) is 0. The summed E-state index contributed by atoms with van der Waals surface area (Å²) in [6.45, 7) is 2.49. The van der Waals surface area contributed by atoms with Crippen molar-refractivity contribution in [1.29, 1.82) is 0 Å². The van der Waals surface area contributed by atoms with E-state index in [0.29, 0.717) is 6.54 Å². The molecule has 0 saturated carbocycles. The van der Waals surface area contributed by atoms with Crippen LogP contribution in [0.4, 0.5) is 5.82 Å². The number of hydrogen-bond donors (Lipinski definition) is 3. The lowest BCUT2D eigenvalue weighted by molar-refractivity contribution is 0.576. The first kappa shape index (κ1) is 12.0. The van der Waals surface area contributed by atoms with Gasteiger partial charge >= 0.3 is 0 Å².